The minimum absolute atomic E-state index is 0.0442. The van der Waals surface area contributed by atoms with Crippen molar-refractivity contribution < 1.29 is 18.6 Å². The van der Waals surface area contributed by atoms with Crippen molar-refractivity contribution in [2.45, 2.75) is 25.1 Å². The first-order chi connectivity index (χ1) is 11.3. The van der Waals surface area contributed by atoms with Gasteiger partial charge in [-0.3, -0.25) is 9.89 Å². The van der Waals surface area contributed by atoms with Crippen LogP contribution in [0.5, 0.6) is 0 Å². The van der Waals surface area contributed by atoms with Crippen molar-refractivity contribution in [1.82, 2.24) is 15.2 Å². The molecular weight excluding hydrogens is 340 g/mol. The molecule has 126 valence electrons. The predicted molar refractivity (Wildman–Crippen MR) is 84.2 cm³/mol. The van der Waals surface area contributed by atoms with Crippen LogP contribution in [0, 0.1) is 0 Å². The van der Waals surface area contributed by atoms with Gasteiger partial charge in [0.2, 0.25) is 0 Å². The first-order valence-electron chi connectivity index (χ1n) is 7.17. The van der Waals surface area contributed by atoms with E-state index in [1.807, 2.05) is 0 Å². The maximum absolute atomic E-state index is 14.0. The second-order valence-corrected chi connectivity index (χ2v) is 6.94. The quantitative estimate of drug-likeness (QED) is 0.660. The van der Waals surface area contributed by atoms with Gasteiger partial charge in [-0.25, -0.2) is 8.78 Å². The Kier molecular flexibility index (Phi) is 3.18. The SMILES string of the molecule is CC(F)(F)[C@]1(O)COCc2c1[nH]c(=O)c1sc(-c3cn[nH]c3)cc21. The third kappa shape index (κ3) is 2.05. The molecule has 0 radical (unpaired) electrons. The Morgan fingerprint density at radius 3 is 2.96 bits per heavy atom. The summed E-state index contributed by atoms with van der Waals surface area (Å²) in [7, 11) is 0. The Balaban J connectivity index is 2.01. The molecule has 9 heteroatoms. The van der Waals surface area contributed by atoms with E-state index in [-0.39, 0.29) is 12.3 Å². The molecule has 6 nitrogen and oxygen atoms in total. The van der Waals surface area contributed by atoms with Crippen LogP contribution in [-0.2, 0) is 16.9 Å². The summed E-state index contributed by atoms with van der Waals surface area (Å²) < 4.78 is 33.6. The molecular formula is C15H13F2N3O3S. The molecule has 0 spiro atoms. The predicted octanol–water partition coefficient (Wildman–Crippen LogP) is 2.35. The monoisotopic (exact) mass is 353 g/mol. The number of aliphatic hydroxyl groups is 1. The summed E-state index contributed by atoms with van der Waals surface area (Å²) in [4.78, 5) is 15.6. The molecule has 0 aliphatic carbocycles. The van der Waals surface area contributed by atoms with E-state index in [1.165, 1.54) is 11.3 Å². The lowest BCUT2D eigenvalue weighted by Gasteiger charge is -2.37. The lowest BCUT2D eigenvalue weighted by Crippen LogP contribution is -2.51. The first-order valence-corrected chi connectivity index (χ1v) is 7.99. The van der Waals surface area contributed by atoms with Gasteiger partial charge in [0.15, 0.2) is 5.60 Å². The van der Waals surface area contributed by atoms with Crippen LogP contribution in [-0.4, -0.2) is 32.8 Å². The summed E-state index contributed by atoms with van der Waals surface area (Å²) in [5.41, 5.74) is -2.07. The Bertz CT molecular complexity index is 974. The number of H-pyrrole nitrogens is 2. The van der Waals surface area contributed by atoms with Gasteiger partial charge in [-0.1, -0.05) is 0 Å². The highest BCUT2D eigenvalue weighted by molar-refractivity contribution is 7.22. The van der Waals surface area contributed by atoms with Crippen molar-refractivity contribution in [1.29, 1.82) is 0 Å². The van der Waals surface area contributed by atoms with Crippen LogP contribution in [0.15, 0.2) is 23.3 Å². The molecule has 4 heterocycles. The molecule has 0 amide bonds. The van der Waals surface area contributed by atoms with Crippen LogP contribution in [0.3, 0.4) is 0 Å². The van der Waals surface area contributed by atoms with E-state index in [2.05, 4.69) is 15.2 Å². The highest BCUT2D eigenvalue weighted by atomic mass is 32.1. The fourth-order valence-corrected chi connectivity index (χ4v) is 3.98. The summed E-state index contributed by atoms with van der Waals surface area (Å²) in [6, 6.07) is 1.74. The second-order valence-electron chi connectivity index (χ2n) is 5.89. The van der Waals surface area contributed by atoms with Crippen LogP contribution in [0.1, 0.15) is 18.2 Å². The number of rotatable bonds is 2. The number of alkyl halides is 2. The number of nitrogens with zero attached hydrogens (tertiary/aromatic N) is 1. The average molecular weight is 353 g/mol. The molecule has 3 aromatic heterocycles. The standard InChI is InChI=1S/C15H13F2N3O3S/c1-14(16,17)15(22)6-23-5-9-8-2-10(7-3-18-19-4-7)24-11(8)13(21)20-12(9)15/h2-4,22H,5-6H2,1H3,(H,18,19)(H,20,21)/t15-/m0/s1. The molecule has 0 unspecified atom stereocenters. The molecule has 0 fully saturated rings. The lowest BCUT2D eigenvalue weighted by atomic mass is 9.87. The molecule has 1 aliphatic rings. The topological polar surface area (TPSA) is 91.0 Å². The van der Waals surface area contributed by atoms with Crippen molar-refractivity contribution in [3.63, 3.8) is 0 Å². The summed E-state index contributed by atoms with van der Waals surface area (Å²) >= 11 is 1.23. The molecule has 1 aliphatic heterocycles. The largest absolute Gasteiger partial charge is 0.376 e. The molecule has 0 aromatic carbocycles. The van der Waals surface area contributed by atoms with Crippen LogP contribution >= 0.6 is 11.3 Å². The van der Waals surface area contributed by atoms with Gasteiger partial charge >= 0.3 is 0 Å². The number of ether oxygens (including phenoxy) is 1. The zero-order valence-corrected chi connectivity index (χ0v) is 13.3. The molecule has 3 N–H and O–H groups in total. The van der Waals surface area contributed by atoms with E-state index in [4.69, 9.17) is 4.74 Å². The number of nitrogens with one attached hydrogen (secondary N) is 2. The van der Waals surface area contributed by atoms with Gasteiger partial charge in [0.05, 0.1) is 25.1 Å². The average Bonchev–Trinajstić information content (AvgIpc) is 3.16. The number of halogens is 2. The summed E-state index contributed by atoms with van der Waals surface area (Å²) in [5.74, 6) is -3.47. The van der Waals surface area contributed by atoms with Crippen LogP contribution in [0.4, 0.5) is 8.78 Å². The minimum Gasteiger partial charge on any atom is -0.376 e. The number of hydrogen-bond acceptors (Lipinski definition) is 5. The van der Waals surface area contributed by atoms with Crippen molar-refractivity contribution in [2.24, 2.45) is 0 Å². The maximum Gasteiger partial charge on any atom is 0.281 e. The summed E-state index contributed by atoms with van der Waals surface area (Å²) in [6.45, 7) is 0.0741. The van der Waals surface area contributed by atoms with Crippen LogP contribution in [0.2, 0.25) is 0 Å². The van der Waals surface area contributed by atoms with Crippen molar-refractivity contribution in [3.8, 4) is 10.4 Å². The molecule has 0 saturated carbocycles. The van der Waals surface area contributed by atoms with Crippen molar-refractivity contribution in [2.75, 3.05) is 6.61 Å². The molecule has 0 saturated heterocycles. The number of aromatic nitrogens is 3. The van der Waals surface area contributed by atoms with Gasteiger partial charge in [0, 0.05) is 34.5 Å². The second kappa shape index (κ2) is 4.95. The Labute approximate surface area is 138 Å². The highest BCUT2D eigenvalue weighted by Gasteiger charge is 2.54. The molecule has 4 rings (SSSR count). The van der Waals surface area contributed by atoms with Crippen LogP contribution < -0.4 is 5.56 Å². The van der Waals surface area contributed by atoms with Gasteiger partial charge < -0.3 is 14.8 Å². The lowest BCUT2D eigenvalue weighted by molar-refractivity contribution is -0.214. The molecule has 1 atom stereocenters. The Morgan fingerprint density at radius 2 is 2.29 bits per heavy atom. The van der Waals surface area contributed by atoms with E-state index in [0.717, 1.165) is 10.4 Å². The van der Waals surface area contributed by atoms with E-state index >= 15 is 0 Å². The summed E-state index contributed by atoms with van der Waals surface area (Å²) in [6.07, 6.45) is 3.29. The number of hydrogen-bond donors (Lipinski definition) is 3. The molecule has 24 heavy (non-hydrogen) atoms. The maximum atomic E-state index is 14.0. The highest BCUT2D eigenvalue weighted by Crippen LogP contribution is 2.43. The van der Waals surface area contributed by atoms with E-state index in [0.29, 0.717) is 22.6 Å². The van der Waals surface area contributed by atoms with Gasteiger partial charge in [-0.05, 0) is 6.07 Å². The fourth-order valence-electron chi connectivity index (χ4n) is 2.91. The zero-order valence-electron chi connectivity index (χ0n) is 12.5. The third-order valence-electron chi connectivity index (χ3n) is 4.28. The van der Waals surface area contributed by atoms with Crippen molar-refractivity contribution >= 4 is 21.4 Å². The van der Waals surface area contributed by atoms with E-state index in [9.17, 15) is 18.7 Å². The zero-order chi connectivity index (χ0) is 17.1. The van der Waals surface area contributed by atoms with Crippen LogP contribution in [0.25, 0.3) is 20.5 Å². The Hall–Kier alpha value is -2.10. The smallest absolute Gasteiger partial charge is 0.281 e. The fraction of sp³-hybridized carbons (Fsp3) is 0.333. The number of aromatic amines is 2. The minimum atomic E-state index is -3.47. The number of fused-ring (bicyclic) bond motifs is 3. The van der Waals surface area contributed by atoms with Crippen molar-refractivity contribution in [3.05, 3.63) is 40.1 Å². The van der Waals surface area contributed by atoms with Gasteiger partial charge in [-0.15, -0.1) is 11.3 Å². The van der Waals surface area contributed by atoms with Gasteiger partial charge in [-0.2, -0.15) is 5.10 Å². The molecule has 3 aromatic rings. The molecule has 0 bridgehead atoms. The van der Waals surface area contributed by atoms with Gasteiger partial charge in [0.1, 0.15) is 4.70 Å². The van der Waals surface area contributed by atoms with E-state index < -0.39 is 23.7 Å². The first kappa shape index (κ1) is 15.4. The summed E-state index contributed by atoms with van der Waals surface area (Å²) in [5, 5.41) is 17.5. The third-order valence-corrected chi connectivity index (χ3v) is 5.47. The number of pyridine rings is 1. The Morgan fingerprint density at radius 1 is 1.50 bits per heavy atom. The van der Waals surface area contributed by atoms with Gasteiger partial charge in [0.25, 0.3) is 11.5 Å². The normalized spacial score (nSPS) is 21.2. The van der Waals surface area contributed by atoms with E-state index in [1.54, 1.807) is 18.5 Å². The number of thiophene rings is 1.